The number of rotatable bonds is 3. The molecule has 4 nitrogen and oxygen atoms in total. The van der Waals surface area contributed by atoms with Crippen LogP contribution in [-0.4, -0.2) is 23.1 Å². The zero-order valence-electron chi connectivity index (χ0n) is 6.99. The molecule has 0 amide bonds. The standard InChI is InChI=1S/C8H9BrN2O2/c1-10-7(8(12)13)6-3-2-5(9)4-11-6/h2-4,7,10H,1H3,(H,12,13). The Bertz CT molecular complexity index is 300. The van der Waals surface area contributed by atoms with E-state index in [9.17, 15) is 4.79 Å². The number of nitrogens with one attached hydrogen (secondary N) is 1. The third-order valence-corrected chi connectivity index (χ3v) is 2.05. The van der Waals surface area contributed by atoms with E-state index in [-0.39, 0.29) is 0 Å². The van der Waals surface area contributed by atoms with Crippen molar-refractivity contribution in [2.45, 2.75) is 6.04 Å². The number of likely N-dealkylation sites (N-methyl/N-ethyl adjacent to an activating group) is 1. The largest absolute Gasteiger partial charge is 0.480 e. The molecule has 0 aliphatic carbocycles. The van der Waals surface area contributed by atoms with Gasteiger partial charge in [-0.15, -0.1) is 0 Å². The minimum Gasteiger partial charge on any atom is -0.480 e. The van der Waals surface area contributed by atoms with Crippen LogP contribution in [0.15, 0.2) is 22.8 Å². The number of aromatic nitrogens is 1. The molecular formula is C8H9BrN2O2. The van der Waals surface area contributed by atoms with Gasteiger partial charge in [-0.25, -0.2) is 0 Å². The molecule has 0 saturated carbocycles. The SMILES string of the molecule is CNC(C(=O)O)c1ccc(Br)cn1. The van der Waals surface area contributed by atoms with Crippen molar-refractivity contribution in [3.63, 3.8) is 0 Å². The Kier molecular flexibility index (Phi) is 3.39. The van der Waals surface area contributed by atoms with Crippen molar-refractivity contribution >= 4 is 21.9 Å². The lowest BCUT2D eigenvalue weighted by Gasteiger charge is -2.09. The van der Waals surface area contributed by atoms with Crippen LogP contribution < -0.4 is 5.32 Å². The Labute approximate surface area is 84.1 Å². The average molecular weight is 245 g/mol. The van der Waals surface area contributed by atoms with Gasteiger partial charge in [0.2, 0.25) is 0 Å². The van der Waals surface area contributed by atoms with Gasteiger partial charge in [0.1, 0.15) is 6.04 Å². The van der Waals surface area contributed by atoms with Crippen molar-refractivity contribution in [1.82, 2.24) is 10.3 Å². The van der Waals surface area contributed by atoms with Gasteiger partial charge in [-0.3, -0.25) is 9.78 Å². The summed E-state index contributed by atoms with van der Waals surface area (Å²) >= 11 is 3.22. The highest BCUT2D eigenvalue weighted by Gasteiger charge is 2.17. The maximum atomic E-state index is 10.7. The summed E-state index contributed by atoms with van der Waals surface area (Å²) < 4.78 is 0.830. The molecule has 13 heavy (non-hydrogen) atoms. The maximum Gasteiger partial charge on any atom is 0.326 e. The number of hydrogen-bond acceptors (Lipinski definition) is 3. The molecule has 0 aliphatic heterocycles. The van der Waals surface area contributed by atoms with E-state index in [0.717, 1.165) is 4.47 Å². The van der Waals surface area contributed by atoms with Crippen LogP contribution in [0.4, 0.5) is 0 Å². The second kappa shape index (κ2) is 4.34. The quantitative estimate of drug-likeness (QED) is 0.839. The van der Waals surface area contributed by atoms with Crippen molar-refractivity contribution < 1.29 is 9.90 Å². The van der Waals surface area contributed by atoms with Gasteiger partial charge in [0.15, 0.2) is 0 Å². The predicted octanol–water partition coefficient (Wildman–Crippen LogP) is 1.19. The Hall–Kier alpha value is -0.940. The summed E-state index contributed by atoms with van der Waals surface area (Å²) in [5.74, 6) is -0.933. The summed E-state index contributed by atoms with van der Waals surface area (Å²) in [6.07, 6.45) is 1.57. The second-order valence-electron chi connectivity index (χ2n) is 2.46. The molecule has 0 aromatic carbocycles. The molecule has 1 rings (SSSR count). The number of nitrogens with zero attached hydrogens (tertiary/aromatic N) is 1. The summed E-state index contributed by atoms with van der Waals surface area (Å²) in [4.78, 5) is 14.7. The molecular weight excluding hydrogens is 236 g/mol. The van der Waals surface area contributed by atoms with Gasteiger partial charge in [0.05, 0.1) is 5.69 Å². The van der Waals surface area contributed by atoms with Gasteiger partial charge in [0.25, 0.3) is 0 Å². The fraction of sp³-hybridized carbons (Fsp3) is 0.250. The molecule has 1 atom stereocenters. The minimum absolute atomic E-state index is 0.498. The highest BCUT2D eigenvalue weighted by atomic mass is 79.9. The van der Waals surface area contributed by atoms with E-state index in [1.165, 1.54) is 0 Å². The van der Waals surface area contributed by atoms with Gasteiger partial charge in [-0.1, -0.05) is 0 Å². The van der Waals surface area contributed by atoms with Crippen molar-refractivity contribution in [2.24, 2.45) is 0 Å². The average Bonchev–Trinajstić information content (AvgIpc) is 2.09. The van der Waals surface area contributed by atoms with Gasteiger partial charge < -0.3 is 10.4 Å². The molecule has 5 heteroatoms. The van der Waals surface area contributed by atoms with Crippen LogP contribution in [0.5, 0.6) is 0 Å². The number of carboxylic acids is 1. The lowest BCUT2D eigenvalue weighted by Crippen LogP contribution is -2.25. The van der Waals surface area contributed by atoms with E-state index < -0.39 is 12.0 Å². The Morgan fingerprint density at radius 3 is 2.77 bits per heavy atom. The first kappa shape index (κ1) is 10.1. The third kappa shape index (κ3) is 2.50. The van der Waals surface area contributed by atoms with E-state index in [2.05, 4.69) is 26.2 Å². The summed E-state index contributed by atoms with van der Waals surface area (Å²) in [6, 6.07) is 2.68. The molecule has 0 spiro atoms. The predicted molar refractivity (Wildman–Crippen MR) is 51.4 cm³/mol. The number of carbonyl (C=O) groups is 1. The second-order valence-corrected chi connectivity index (χ2v) is 3.38. The summed E-state index contributed by atoms with van der Waals surface area (Å²) in [6.45, 7) is 0. The Morgan fingerprint density at radius 1 is 1.69 bits per heavy atom. The van der Waals surface area contributed by atoms with Crippen LogP contribution in [0.2, 0.25) is 0 Å². The molecule has 0 fully saturated rings. The van der Waals surface area contributed by atoms with E-state index in [0.29, 0.717) is 5.69 Å². The molecule has 0 aliphatic rings. The minimum atomic E-state index is -0.933. The zero-order valence-corrected chi connectivity index (χ0v) is 8.58. The van der Waals surface area contributed by atoms with Gasteiger partial charge in [-0.2, -0.15) is 0 Å². The first-order valence-electron chi connectivity index (χ1n) is 3.66. The fourth-order valence-electron chi connectivity index (χ4n) is 0.956. The van der Waals surface area contributed by atoms with E-state index in [4.69, 9.17) is 5.11 Å². The monoisotopic (exact) mass is 244 g/mol. The third-order valence-electron chi connectivity index (χ3n) is 1.58. The molecule has 0 bridgehead atoms. The van der Waals surface area contributed by atoms with E-state index in [1.807, 2.05) is 0 Å². The van der Waals surface area contributed by atoms with Crippen molar-refractivity contribution in [3.8, 4) is 0 Å². The molecule has 1 aromatic rings. The number of hydrogen-bond donors (Lipinski definition) is 2. The highest BCUT2D eigenvalue weighted by molar-refractivity contribution is 9.10. The smallest absolute Gasteiger partial charge is 0.326 e. The Balaban J connectivity index is 2.92. The maximum absolute atomic E-state index is 10.7. The molecule has 1 aromatic heterocycles. The molecule has 1 heterocycles. The molecule has 0 radical (unpaired) electrons. The van der Waals surface area contributed by atoms with E-state index >= 15 is 0 Å². The van der Waals surface area contributed by atoms with Crippen molar-refractivity contribution in [1.29, 1.82) is 0 Å². The molecule has 0 saturated heterocycles. The van der Waals surface area contributed by atoms with Crippen LogP contribution >= 0.6 is 15.9 Å². The Morgan fingerprint density at radius 2 is 2.38 bits per heavy atom. The van der Waals surface area contributed by atoms with Crippen LogP contribution in [0.1, 0.15) is 11.7 Å². The summed E-state index contributed by atoms with van der Waals surface area (Å²) in [5.41, 5.74) is 0.498. The number of aliphatic carboxylic acids is 1. The first-order valence-corrected chi connectivity index (χ1v) is 4.46. The lowest BCUT2D eigenvalue weighted by molar-refractivity contribution is -0.139. The topological polar surface area (TPSA) is 62.2 Å². The lowest BCUT2D eigenvalue weighted by atomic mass is 10.2. The van der Waals surface area contributed by atoms with Crippen LogP contribution in [0.25, 0.3) is 0 Å². The van der Waals surface area contributed by atoms with Crippen LogP contribution in [-0.2, 0) is 4.79 Å². The number of carboxylic acid groups (broad SMARTS) is 1. The first-order chi connectivity index (χ1) is 6.15. The van der Waals surface area contributed by atoms with Gasteiger partial charge in [-0.05, 0) is 35.1 Å². The molecule has 70 valence electrons. The number of halogens is 1. The molecule has 2 N–H and O–H groups in total. The fourth-order valence-corrected chi connectivity index (χ4v) is 1.19. The van der Waals surface area contributed by atoms with Crippen LogP contribution in [0.3, 0.4) is 0 Å². The van der Waals surface area contributed by atoms with Crippen molar-refractivity contribution in [2.75, 3.05) is 7.05 Å². The van der Waals surface area contributed by atoms with Crippen LogP contribution in [0, 0.1) is 0 Å². The van der Waals surface area contributed by atoms with Gasteiger partial charge in [0, 0.05) is 10.7 Å². The van der Waals surface area contributed by atoms with Crippen molar-refractivity contribution in [3.05, 3.63) is 28.5 Å². The van der Waals surface area contributed by atoms with Gasteiger partial charge >= 0.3 is 5.97 Å². The van der Waals surface area contributed by atoms with E-state index in [1.54, 1.807) is 25.4 Å². The highest BCUT2D eigenvalue weighted by Crippen LogP contribution is 2.13. The number of pyridine rings is 1. The molecule has 1 unspecified atom stereocenters. The zero-order chi connectivity index (χ0) is 9.84. The normalized spacial score (nSPS) is 12.5. The summed E-state index contributed by atoms with van der Waals surface area (Å²) in [5, 5.41) is 11.4. The summed E-state index contributed by atoms with van der Waals surface area (Å²) in [7, 11) is 1.59.